The van der Waals surface area contributed by atoms with E-state index in [9.17, 15) is 18.0 Å². The Hall–Kier alpha value is -2.82. The third-order valence-electron chi connectivity index (χ3n) is 6.46. The van der Waals surface area contributed by atoms with Crippen molar-refractivity contribution in [3.05, 3.63) is 57.9 Å². The lowest BCUT2D eigenvalue weighted by Crippen LogP contribution is -2.41. The summed E-state index contributed by atoms with van der Waals surface area (Å²) in [5, 5.41) is 0. The molecule has 3 aromatic rings. The van der Waals surface area contributed by atoms with Crippen molar-refractivity contribution in [3.63, 3.8) is 0 Å². The van der Waals surface area contributed by atoms with Crippen molar-refractivity contribution in [3.8, 4) is 0 Å². The molecule has 0 radical (unpaired) electrons. The van der Waals surface area contributed by atoms with Gasteiger partial charge in [0.05, 0.1) is 22.2 Å². The van der Waals surface area contributed by atoms with E-state index in [1.54, 1.807) is 4.57 Å². The number of rotatable bonds is 5. The average Bonchev–Trinajstić information content (AvgIpc) is 3.14. The van der Waals surface area contributed by atoms with E-state index in [4.69, 9.17) is 4.74 Å². The topological polar surface area (TPSA) is 98.0 Å². The van der Waals surface area contributed by atoms with Crippen molar-refractivity contribution in [2.45, 2.75) is 57.5 Å². The molecule has 0 saturated carbocycles. The van der Waals surface area contributed by atoms with Gasteiger partial charge in [0, 0.05) is 18.2 Å². The number of methoxy groups -OCH3 is 1. The highest BCUT2D eigenvalue weighted by molar-refractivity contribution is 7.89. The largest absolute Gasteiger partial charge is 0.468 e. The van der Waals surface area contributed by atoms with Crippen LogP contribution in [0.15, 0.2) is 46.3 Å². The third kappa shape index (κ3) is 5.10. The van der Waals surface area contributed by atoms with Crippen molar-refractivity contribution in [1.29, 1.82) is 0 Å². The van der Waals surface area contributed by atoms with Crippen LogP contribution in [-0.2, 0) is 26.1 Å². The Morgan fingerprint density at radius 2 is 1.80 bits per heavy atom. The summed E-state index contributed by atoms with van der Waals surface area (Å²) in [5.41, 5.74) is 3.23. The Morgan fingerprint density at radius 1 is 1.11 bits per heavy atom. The first-order valence-electron chi connectivity index (χ1n) is 11.5. The van der Waals surface area contributed by atoms with Gasteiger partial charge in [-0.05, 0) is 81.1 Å². The van der Waals surface area contributed by atoms with Crippen molar-refractivity contribution >= 4 is 43.5 Å². The van der Waals surface area contributed by atoms with Crippen molar-refractivity contribution < 1.29 is 22.7 Å². The van der Waals surface area contributed by atoms with Crippen LogP contribution in [0.4, 0.5) is 0 Å². The molecule has 35 heavy (non-hydrogen) atoms. The molecule has 1 unspecified atom stereocenters. The SMILES string of the molecule is COC(=O)Cn1c(=NC(=O)c2ccc(S(=O)(=O)N3CCCCC3C)cc2)sc2cc(C)c(C)cc21. The number of piperidine rings is 1. The van der Waals surface area contributed by atoms with Gasteiger partial charge in [0.15, 0.2) is 4.80 Å². The fourth-order valence-corrected chi connectivity index (χ4v) is 7.05. The number of sulfonamides is 1. The molecule has 186 valence electrons. The van der Waals surface area contributed by atoms with Gasteiger partial charge in [0.25, 0.3) is 5.91 Å². The standard InChI is InChI=1S/C25H29N3O5S2/c1-16-13-21-22(14-17(16)2)34-25(27(21)15-23(29)33-4)26-24(30)19-8-10-20(11-9-19)35(31,32)28-12-6-5-7-18(28)3/h8-11,13-14,18H,5-7,12,15H2,1-4H3. The molecule has 8 nitrogen and oxygen atoms in total. The number of amides is 1. The maximum Gasteiger partial charge on any atom is 0.325 e. The van der Waals surface area contributed by atoms with Crippen molar-refractivity contribution in [2.75, 3.05) is 13.7 Å². The molecule has 0 N–H and O–H groups in total. The highest BCUT2D eigenvalue weighted by Crippen LogP contribution is 2.26. The first-order valence-corrected chi connectivity index (χ1v) is 13.8. The Morgan fingerprint density at radius 3 is 2.46 bits per heavy atom. The first kappa shape index (κ1) is 25.3. The molecule has 1 atom stereocenters. The van der Waals surface area contributed by atoms with Crippen LogP contribution in [0, 0.1) is 13.8 Å². The van der Waals surface area contributed by atoms with Gasteiger partial charge in [-0.3, -0.25) is 9.59 Å². The van der Waals surface area contributed by atoms with Gasteiger partial charge in [-0.2, -0.15) is 9.30 Å². The van der Waals surface area contributed by atoms with E-state index in [0.29, 0.717) is 11.3 Å². The summed E-state index contributed by atoms with van der Waals surface area (Å²) >= 11 is 1.31. The highest BCUT2D eigenvalue weighted by Gasteiger charge is 2.31. The summed E-state index contributed by atoms with van der Waals surface area (Å²) in [6, 6.07) is 9.82. The molecular formula is C25H29N3O5S2. The molecule has 2 heterocycles. The first-order chi connectivity index (χ1) is 16.6. The number of nitrogens with zero attached hydrogens (tertiary/aromatic N) is 3. The maximum absolute atomic E-state index is 13.1. The lowest BCUT2D eigenvalue weighted by atomic mass is 10.1. The van der Waals surface area contributed by atoms with Gasteiger partial charge in [0.2, 0.25) is 10.0 Å². The van der Waals surface area contributed by atoms with Crippen LogP contribution in [0.3, 0.4) is 0 Å². The molecular weight excluding hydrogens is 486 g/mol. The Labute approximate surface area is 208 Å². The van der Waals surface area contributed by atoms with Gasteiger partial charge in [0.1, 0.15) is 6.54 Å². The highest BCUT2D eigenvalue weighted by atomic mass is 32.2. The van der Waals surface area contributed by atoms with Gasteiger partial charge in [-0.15, -0.1) is 0 Å². The Balaban J connectivity index is 1.69. The molecule has 1 aliphatic heterocycles. The Bertz CT molecular complexity index is 1450. The number of carbonyl (C=O) groups excluding carboxylic acids is 2. The van der Waals surface area contributed by atoms with E-state index in [-0.39, 0.29) is 23.0 Å². The zero-order valence-electron chi connectivity index (χ0n) is 20.3. The van der Waals surface area contributed by atoms with Gasteiger partial charge in [-0.25, -0.2) is 8.42 Å². The second-order valence-corrected chi connectivity index (χ2v) is 11.8. The molecule has 0 bridgehead atoms. The van der Waals surface area contributed by atoms with Gasteiger partial charge in [-0.1, -0.05) is 17.8 Å². The molecule has 1 amide bonds. The molecule has 1 aromatic heterocycles. The van der Waals surface area contributed by atoms with E-state index in [1.165, 1.54) is 47.0 Å². The quantitative estimate of drug-likeness (QED) is 0.482. The van der Waals surface area contributed by atoms with E-state index < -0.39 is 21.9 Å². The minimum atomic E-state index is -3.62. The zero-order valence-corrected chi connectivity index (χ0v) is 21.9. The van der Waals surface area contributed by atoms with Crippen molar-refractivity contribution in [1.82, 2.24) is 8.87 Å². The number of fused-ring (bicyclic) bond motifs is 1. The van der Waals surface area contributed by atoms with Crippen LogP contribution in [0.1, 0.15) is 47.7 Å². The second kappa shape index (κ2) is 10.0. The maximum atomic E-state index is 13.1. The average molecular weight is 516 g/mol. The fraction of sp³-hybridized carbons (Fsp3) is 0.400. The number of thiazole rings is 1. The number of carbonyl (C=O) groups is 2. The molecule has 0 spiro atoms. The second-order valence-electron chi connectivity index (χ2n) is 8.85. The van der Waals surface area contributed by atoms with E-state index >= 15 is 0 Å². The van der Waals surface area contributed by atoms with Gasteiger partial charge >= 0.3 is 5.97 Å². The number of hydrogen-bond donors (Lipinski definition) is 0. The molecule has 1 fully saturated rings. The zero-order chi connectivity index (χ0) is 25.3. The lowest BCUT2D eigenvalue weighted by Gasteiger charge is -2.32. The molecule has 4 rings (SSSR count). The number of ether oxygens (including phenoxy) is 1. The molecule has 1 saturated heterocycles. The number of benzene rings is 2. The van der Waals surface area contributed by atoms with Crippen LogP contribution < -0.4 is 4.80 Å². The summed E-state index contributed by atoms with van der Waals surface area (Å²) in [6.45, 7) is 6.34. The smallest absolute Gasteiger partial charge is 0.325 e. The fourth-order valence-electron chi connectivity index (χ4n) is 4.24. The van der Waals surface area contributed by atoms with E-state index in [0.717, 1.165) is 40.6 Å². The van der Waals surface area contributed by atoms with Crippen LogP contribution in [0.25, 0.3) is 10.2 Å². The predicted molar refractivity (Wildman–Crippen MR) is 135 cm³/mol. The summed E-state index contributed by atoms with van der Waals surface area (Å²) in [5.74, 6) is -0.961. The summed E-state index contributed by atoms with van der Waals surface area (Å²) < 4.78 is 35.1. The number of hydrogen-bond acceptors (Lipinski definition) is 6. The minimum Gasteiger partial charge on any atom is -0.468 e. The van der Waals surface area contributed by atoms with E-state index in [2.05, 4.69) is 4.99 Å². The normalized spacial score (nSPS) is 17.6. The number of esters is 1. The van der Waals surface area contributed by atoms with Crippen LogP contribution >= 0.6 is 11.3 Å². The molecule has 1 aliphatic rings. The summed E-state index contributed by atoms with van der Waals surface area (Å²) in [6.07, 6.45) is 2.71. The molecule has 0 aliphatic carbocycles. The number of aromatic nitrogens is 1. The van der Waals surface area contributed by atoms with Crippen LogP contribution in [0.2, 0.25) is 0 Å². The third-order valence-corrected chi connectivity index (χ3v) is 9.53. The van der Waals surface area contributed by atoms with Gasteiger partial charge < -0.3 is 9.30 Å². The predicted octanol–water partition coefficient (Wildman–Crippen LogP) is 3.80. The van der Waals surface area contributed by atoms with E-state index in [1.807, 2.05) is 32.9 Å². The van der Waals surface area contributed by atoms with Crippen molar-refractivity contribution in [2.24, 2.45) is 4.99 Å². The molecule has 2 aromatic carbocycles. The summed E-state index contributed by atoms with van der Waals surface area (Å²) in [7, 11) is -2.31. The monoisotopic (exact) mass is 515 g/mol. The lowest BCUT2D eigenvalue weighted by molar-refractivity contribution is -0.141. The summed E-state index contributed by atoms with van der Waals surface area (Å²) in [4.78, 5) is 29.9. The number of aryl methyl sites for hydroxylation is 2. The Kier molecular flexibility index (Phi) is 7.25. The molecule has 10 heteroatoms. The van der Waals surface area contributed by atoms with Crippen LogP contribution in [0.5, 0.6) is 0 Å². The minimum absolute atomic E-state index is 0.0458. The van der Waals surface area contributed by atoms with Crippen LogP contribution in [-0.4, -0.2) is 48.9 Å².